The average Bonchev–Trinajstić information content (AvgIpc) is 3.01. The third kappa shape index (κ3) is 6.53. The molecular weight excluding hydrogens is 460 g/mol. The molecule has 1 aliphatic rings. The van der Waals surface area contributed by atoms with Crippen molar-refractivity contribution in [3.8, 4) is 6.07 Å². The molecule has 0 fully saturated rings. The Bertz CT molecular complexity index is 1380. The summed E-state index contributed by atoms with van der Waals surface area (Å²) in [5, 5.41) is 15.9. The number of rotatable bonds is 6. The summed E-state index contributed by atoms with van der Waals surface area (Å²) in [6, 6.07) is 14.2. The second-order valence-corrected chi connectivity index (χ2v) is 11.7. The minimum absolute atomic E-state index is 0.283. The number of fused-ring (bicyclic) bond motifs is 1. The summed E-state index contributed by atoms with van der Waals surface area (Å²) < 4.78 is 16.1. The van der Waals surface area contributed by atoms with Crippen molar-refractivity contribution in [1.82, 2.24) is 19.9 Å². The predicted molar refractivity (Wildman–Crippen MR) is 140 cm³/mol. The van der Waals surface area contributed by atoms with E-state index in [1.54, 1.807) is 30.7 Å². The van der Waals surface area contributed by atoms with Gasteiger partial charge in [0.25, 0.3) is 0 Å². The summed E-state index contributed by atoms with van der Waals surface area (Å²) in [4.78, 5) is 15.5. The number of aromatic nitrogens is 3. The first-order valence-electron chi connectivity index (χ1n) is 11.4. The van der Waals surface area contributed by atoms with E-state index in [1.165, 1.54) is 17.3 Å². The van der Waals surface area contributed by atoms with Gasteiger partial charge in [0.05, 0.1) is 6.20 Å². The van der Waals surface area contributed by atoms with E-state index in [0.29, 0.717) is 29.4 Å². The molecule has 1 aliphatic carbocycles. The molecule has 2 aromatic heterocycles. The van der Waals surface area contributed by atoms with Gasteiger partial charge in [-0.3, -0.25) is 0 Å². The highest BCUT2D eigenvalue weighted by Gasteiger charge is 2.18. The quantitative estimate of drug-likeness (QED) is 0.488. The number of benzene rings is 1. The summed E-state index contributed by atoms with van der Waals surface area (Å²) in [5.41, 5.74) is 3.93. The van der Waals surface area contributed by atoms with Crippen LogP contribution in [0.4, 0.5) is 29.1 Å². The smallest absolute Gasteiger partial charge is 0.229 e. The number of hydrogen-bond donors (Lipinski definition) is 2. The molecular formula is C25H30N8OS. The first-order valence-corrected chi connectivity index (χ1v) is 13.8. The Labute approximate surface area is 206 Å². The molecule has 10 heteroatoms. The van der Waals surface area contributed by atoms with Crippen molar-refractivity contribution >= 4 is 38.8 Å². The molecule has 0 saturated carbocycles. The molecule has 182 valence electrons. The standard InChI is InChI=1S/C25H30N8OS/c1-33(2)21-12-9-17-8-11-20(14-18(17)10-13-21)28-25-27-16-19(15-26)24(31-25)30-22-6-5-7-23(29-22)32-35(3,4)34/h5-8,11,14,16,21H,9-10,12-13H2,1-4H3,(H2,27,28,29,30,31). The summed E-state index contributed by atoms with van der Waals surface area (Å²) in [7, 11) is 1.95. The van der Waals surface area contributed by atoms with Gasteiger partial charge in [-0.2, -0.15) is 14.6 Å². The molecule has 0 bridgehead atoms. The average molecular weight is 491 g/mol. The van der Waals surface area contributed by atoms with Gasteiger partial charge in [-0.1, -0.05) is 12.1 Å². The monoisotopic (exact) mass is 490 g/mol. The molecule has 0 spiro atoms. The third-order valence-corrected chi connectivity index (χ3v) is 6.52. The van der Waals surface area contributed by atoms with Gasteiger partial charge < -0.3 is 15.5 Å². The fourth-order valence-electron chi connectivity index (χ4n) is 4.12. The van der Waals surface area contributed by atoms with Crippen molar-refractivity contribution in [3.63, 3.8) is 0 Å². The van der Waals surface area contributed by atoms with Crippen LogP contribution in [0.15, 0.2) is 47.0 Å². The van der Waals surface area contributed by atoms with Crippen LogP contribution in [0.2, 0.25) is 0 Å². The maximum absolute atomic E-state index is 12.0. The zero-order valence-electron chi connectivity index (χ0n) is 20.4. The van der Waals surface area contributed by atoms with E-state index in [-0.39, 0.29) is 5.56 Å². The Morgan fingerprint density at radius 1 is 1.09 bits per heavy atom. The molecule has 1 aromatic carbocycles. The van der Waals surface area contributed by atoms with Gasteiger partial charge in [-0.25, -0.2) is 14.2 Å². The first-order chi connectivity index (χ1) is 16.7. The maximum atomic E-state index is 12.0. The number of pyridine rings is 1. The first kappa shape index (κ1) is 24.6. The van der Waals surface area contributed by atoms with E-state index in [0.717, 1.165) is 31.4 Å². The fourth-order valence-corrected chi connectivity index (χ4v) is 4.68. The summed E-state index contributed by atoms with van der Waals surface area (Å²) in [6.45, 7) is 0. The zero-order chi connectivity index (χ0) is 25.0. The van der Waals surface area contributed by atoms with Gasteiger partial charge in [0, 0.05) is 34.0 Å². The lowest BCUT2D eigenvalue weighted by Gasteiger charge is -2.21. The molecule has 0 amide bonds. The SMILES string of the molecule is CN(C)C1CCc2ccc(Nc3ncc(C#N)c(Nc4cccc(N=S(C)(C)=O)n4)n3)cc2CC1. The van der Waals surface area contributed by atoms with E-state index in [9.17, 15) is 9.47 Å². The number of nitriles is 1. The largest absolute Gasteiger partial charge is 0.324 e. The molecule has 9 nitrogen and oxygen atoms in total. The van der Waals surface area contributed by atoms with Gasteiger partial charge in [-0.15, -0.1) is 0 Å². The zero-order valence-corrected chi connectivity index (χ0v) is 21.3. The van der Waals surface area contributed by atoms with E-state index < -0.39 is 9.73 Å². The molecule has 2 N–H and O–H groups in total. The summed E-state index contributed by atoms with van der Waals surface area (Å²) >= 11 is 0. The molecule has 1 unspecified atom stereocenters. The van der Waals surface area contributed by atoms with Crippen LogP contribution in [0.3, 0.4) is 0 Å². The normalized spacial score (nSPS) is 15.6. The molecule has 2 heterocycles. The van der Waals surface area contributed by atoms with Crippen molar-refractivity contribution in [1.29, 1.82) is 5.26 Å². The highest BCUT2D eigenvalue weighted by molar-refractivity contribution is 7.92. The van der Waals surface area contributed by atoms with Gasteiger partial charge in [0.1, 0.15) is 17.5 Å². The molecule has 0 radical (unpaired) electrons. The molecule has 4 rings (SSSR count). The van der Waals surface area contributed by atoms with Gasteiger partial charge in [-0.05, 0) is 75.2 Å². The maximum Gasteiger partial charge on any atom is 0.229 e. The summed E-state index contributed by atoms with van der Waals surface area (Å²) in [6.07, 6.45) is 8.97. The van der Waals surface area contributed by atoms with E-state index in [1.807, 2.05) is 6.07 Å². The molecule has 0 aliphatic heterocycles. The van der Waals surface area contributed by atoms with Gasteiger partial charge in [0.2, 0.25) is 5.95 Å². The van der Waals surface area contributed by atoms with Crippen LogP contribution < -0.4 is 10.6 Å². The third-order valence-electron chi connectivity index (χ3n) is 5.89. The Kier molecular flexibility index (Phi) is 7.28. The van der Waals surface area contributed by atoms with Crippen LogP contribution in [0.5, 0.6) is 0 Å². The van der Waals surface area contributed by atoms with E-state index in [4.69, 9.17) is 0 Å². The topological polar surface area (TPSA) is 119 Å². The highest BCUT2D eigenvalue weighted by Crippen LogP contribution is 2.27. The Morgan fingerprint density at radius 2 is 1.86 bits per heavy atom. The number of nitrogens with zero attached hydrogens (tertiary/aromatic N) is 6. The second-order valence-electron chi connectivity index (χ2n) is 9.15. The molecule has 3 aromatic rings. The van der Waals surface area contributed by atoms with Gasteiger partial charge in [0.15, 0.2) is 11.6 Å². The van der Waals surface area contributed by atoms with E-state index >= 15 is 0 Å². The lowest BCUT2D eigenvalue weighted by molar-refractivity contribution is 0.269. The number of aryl methyl sites for hydroxylation is 2. The van der Waals surface area contributed by atoms with Crippen LogP contribution >= 0.6 is 0 Å². The lowest BCUT2D eigenvalue weighted by atomic mass is 10.0. The van der Waals surface area contributed by atoms with E-state index in [2.05, 4.69) is 67.1 Å². The Hall–Kier alpha value is -3.55. The van der Waals surface area contributed by atoms with Crippen molar-refractivity contribution < 1.29 is 4.21 Å². The molecule has 35 heavy (non-hydrogen) atoms. The van der Waals surface area contributed by atoms with Crippen LogP contribution in [0, 0.1) is 11.3 Å². The second kappa shape index (κ2) is 10.4. The minimum atomic E-state index is -2.34. The molecule has 1 atom stereocenters. The number of anilines is 4. The number of hydrogen-bond acceptors (Lipinski definition) is 9. The lowest BCUT2D eigenvalue weighted by Crippen LogP contribution is -2.27. The van der Waals surface area contributed by atoms with Crippen molar-refractivity contribution in [2.24, 2.45) is 4.36 Å². The van der Waals surface area contributed by atoms with Crippen molar-refractivity contribution in [2.45, 2.75) is 31.7 Å². The minimum Gasteiger partial charge on any atom is -0.324 e. The Morgan fingerprint density at radius 3 is 2.57 bits per heavy atom. The summed E-state index contributed by atoms with van der Waals surface area (Å²) in [5.74, 6) is 1.48. The fraction of sp³-hybridized carbons (Fsp3) is 0.360. The predicted octanol–water partition coefficient (Wildman–Crippen LogP) is 4.40. The number of nitrogens with one attached hydrogen (secondary N) is 2. The van der Waals surface area contributed by atoms with Crippen LogP contribution in [0.25, 0.3) is 0 Å². The highest BCUT2D eigenvalue weighted by atomic mass is 32.2. The van der Waals surface area contributed by atoms with Crippen molar-refractivity contribution in [3.05, 3.63) is 59.3 Å². The van der Waals surface area contributed by atoms with Crippen LogP contribution in [-0.2, 0) is 22.6 Å². The van der Waals surface area contributed by atoms with Crippen molar-refractivity contribution in [2.75, 3.05) is 37.2 Å². The Balaban J connectivity index is 1.55. The van der Waals surface area contributed by atoms with Gasteiger partial charge >= 0.3 is 0 Å². The van der Waals surface area contributed by atoms with Crippen LogP contribution in [0.1, 0.15) is 29.5 Å². The molecule has 0 saturated heterocycles. The van der Waals surface area contributed by atoms with Crippen LogP contribution in [-0.4, -0.2) is 56.7 Å².